The minimum absolute atomic E-state index is 0.231. The third-order valence-electron chi connectivity index (χ3n) is 3.49. The van der Waals surface area contributed by atoms with Crippen molar-refractivity contribution in [2.24, 2.45) is 5.10 Å². The number of carbonyl (C=O) groups excluding carboxylic acids is 1. The van der Waals surface area contributed by atoms with Crippen LogP contribution in [0.3, 0.4) is 0 Å². The maximum absolute atomic E-state index is 12.5. The van der Waals surface area contributed by atoms with E-state index in [1.54, 1.807) is 42.5 Å². The Morgan fingerprint density at radius 2 is 2.04 bits per heavy atom. The molecule has 0 atom stereocenters. The van der Waals surface area contributed by atoms with Crippen LogP contribution in [0.5, 0.6) is 5.75 Å². The van der Waals surface area contributed by atoms with Crippen molar-refractivity contribution in [1.29, 1.82) is 0 Å². The van der Waals surface area contributed by atoms with Gasteiger partial charge in [0.1, 0.15) is 17.6 Å². The molecule has 3 aromatic rings. The zero-order valence-electron chi connectivity index (χ0n) is 13.6. The molecule has 0 aliphatic carbocycles. The number of hydrogen-bond donors (Lipinski definition) is 1. The normalized spacial score (nSPS) is 10.9. The molecule has 0 bridgehead atoms. The molecule has 0 unspecified atom stereocenters. The van der Waals surface area contributed by atoms with Gasteiger partial charge in [-0.2, -0.15) is 5.10 Å². The molecule has 6 heteroatoms. The minimum atomic E-state index is -0.361. The fourth-order valence-corrected chi connectivity index (χ4v) is 2.29. The summed E-state index contributed by atoms with van der Waals surface area (Å²) in [5.74, 6) is 0.231. The van der Waals surface area contributed by atoms with Gasteiger partial charge in [-0.1, -0.05) is 18.2 Å². The number of hydrogen-bond acceptors (Lipinski definition) is 5. The Balaban J connectivity index is 1.82. The van der Waals surface area contributed by atoms with Crippen molar-refractivity contribution in [2.45, 2.75) is 6.92 Å². The monoisotopic (exact) mass is 336 g/mol. The number of rotatable bonds is 5. The van der Waals surface area contributed by atoms with E-state index in [-0.39, 0.29) is 16.9 Å². The standard InChI is InChI=1S/C19H16N2O4/c1-2-24-15-8-9-17-16(10-15)18(22)14(12-25-17)11-20-21-19(23)13-6-4-3-5-7-13/h3-12H,2H2,1H3,(H,21,23)/b20-11+. The molecule has 0 saturated carbocycles. The summed E-state index contributed by atoms with van der Waals surface area (Å²) in [5.41, 5.74) is 3.30. The van der Waals surface area contributed by atoms with Gasteiger partial charge >= 0.3 is 0 Å². The molecule has 25 heavy (non-hydrogen) atoms. The molecule has 0 radical (unpaired) electrons. The van der Waals surface area contributed by atoms with Gasteiger partial charge in [0, 0.05) is 5.56 Å². The summed E-state index contributed by atoms with van der Waals surface area (Å²) in [6.45, 7) is 2.37. The number of benzene rings is 2. The number of ether oxygens (including phenoxy) is 1. The van der Waals surface area contributed by atoms with E-state index >= 15 is 0 Å². The highest BCUT2D eigenvalue weighted by Gasteiger charge is 2.07. The summed E-state index contributed by atoms with van der Waals surface area (Å²) in [5, 5.41) is 4.22. The zero-order chi connectivity index (χ0) is 17.6. The quantitative estimate of drug-likeness (QED) is 0.574. The van der Waals surface area contributed by atoms with E-state index in [1.165, 1.54) is 12.5 Å². The summed E-state index contributed by atoms with van der Waals surface area (Å²) in [4.78, 5) is 24.4. The molecular weight excluding hydrogens is 320 g/mol. The maximum atomic E-state index is 12.5. The summed E-state index contributed by atoms with van der Waals surface area (Å²) in [7, 11) is 0. The van der Waals surface area contributed by atoms with Gasteiger partial charge in [-0.25, -0.2) is 5.43 Å². The van der Waals surface area contributed by atoms with E-state index in [0.29, 0.717) is 28.9 Å². The van der Waals surface area contributed by atoms with Crippen LogP contribution in [-0.2, 0) is 0 Å². The summed E-state index contributed by atoms with van der Waals surface area (Å²) in [6.07, 6.45) is 2.57. The van der Waals surface area contributed by atoms with Crippen LogP contribution in [0.4, 0.5) is 0 Å². The van der Waals surface area contributed by atoms with Crippen molar-refractivity contribution in [3.8, 4) is 5.75 Å². The number of carbonyl (C=O) groups is 1. The predicted octanol–water partition coefficient (Wildman–Crippen LogP) is 2.96. The molecular formula is C19H16N2O4. The molecule has 2 aromatic carbocycles. The molecule has 0 spiro atoms. The van der Waals surface area contributed by atoms with Crippen LogP contribution >= 0.6 is 0 Å². The Morgan fingerprint density at radius 3 is 2.80 bits per heavy atom. The van der Waals surface area contributed by atoms with Crippen molar-refractivity contribution in [2.75, 3.05) is 6.61 Å². The average molecular weight is 336 g/mol. The number of fused-ring (bicyclic) bond motifs is 1. The zero-order valence-corrected chi connectivity index (χ0v) is 13.6. The third-order valence-corrected chi connectivity index (χ3v) is 3.49. The highest BCUT2D eigenvalue weighted by Crippen LogP contribution is 2.18. The lowest BCUT2D eigenvalue weighted by Crippen LogP contribution is -2.18. The lowest BCUT2D eigenvalue weighted by Gasteiger charge is -2.04. The Morgan fingerprint density at radius 1 is 1.24 bits per heavy atom. The van der Waals surface area contributed by atoms with Gasteiger partial charge in [0.15, 0.2) is 0 Å². The van der Waals surface area contributed by atoms with Crippen LogP contribution in [0.25, 0.3) is 11.0 Å². The van der Waals surface area contributed by atoms with Crippen molar-refractivity contribution in [3.63, 3.8) is 0 Å². The molecule has 0 aliphatic rings. The van der Waals surface area contributed by atoms with E-state index < -0.39 is 0 Å². The molecule has 1 aromatic heterocycles. The van der Waals surface area contributed by atoms with Gasteiger partial charge in [0.25, 0.3) is 5.91 Å². The van der Waals surface area contributed by atoms with Crippen LogP contribution in [0.1, 0.15) is 22.8 Å². The molecule has 0 fully saturated rings. The fourth-order valence-electron chi connectivity index (χ4n) is 2.29. The van der Waals surface area contributed by atoms with Gasteiger partial charge < -0.3 is 9.15 Å². The molecule has 1 N–H and O–H groups in total. The van der Waals surface area contributed by atoms with Gasteiger partial charge in [0.2, 0.25) is 5.43 Å². The first-order valence-electron chi connectivity index (χ1n) is 7.76. The Hall–Kier alpha value is -3.41. The second kappa shape index (κ2) is 7.44. The summed E-state index contributed by atoms with van der Waals surface area (Å²) < 4.78 is 10.8. The second-order valence-electron chi connectivity index (χ2n) is 5.18. The molecule has 126 valence electrons. The molecule has 0 saturated heterocycles. The first kappa shape index (κ1) is 16.4. The van der Waals surface area contributed by atoms with E-state index in [0.717, 1.165) is 0 Å². The Bertz CT molecular complexity index is 978. The smallest absolute Gasteiger partial charge is 0.271 e. The van der Waals surface area contributed by atoms with Crippen LogP contribution in [0.2, 0.25) is 0 Å². The van der Waals surface area contributed by atoms with E-state index in [4.69, 9.17) is 9.15 Å². The third kappa shape index (κ3) is 3.74. The summed E-state index contributed by atoms with van der Waals surface area (Å²) >= 11 is 0. The van der Waals surface area contributed by atoms with Crippen LogP contribution in [0.15, 0.2) is 69.1 Å². The minimum Gasteiger partial charge on any atom is -0.494 e. The second-order valence-corrected chi connectivity index (χ2v) is 5.18. The Kier molecular flexibility index (Phi) is 4.89. The topological polar surface area (TPSA) is 80.9 Å². The van der Waals surface area contributed by atoms with E-state index in [1.807, 2.05) is 13.0 Å². The average Bonchev–Trinajstić information content (AvgIpc) is 2.65. The first-order chi connectivity index (χ1) is 12.2. The van der Waals surface area contributed by atoms with E-state index in [9.17, 15) is 9.59 Å². The number of nitrogens with one attached hydrogen (secondary N) is 1. The molecule has 1 amide bonds. The van der Waals surface area contributed by atoms with Gasteiger partial charge in [-0.3, -0.25) is 9.59 Å². The van der Waals surface area contributed by atoms with Crippen molar-refractivity contribution in [1.82, 2.24) is 5.43 Å². The first-order valence-corrected chi connectivity index (χ1v) is 7.76. The number of nitrogens with zero attached hydrogens (tertiary/aromatic N) is 1. The lowest BCUT2D eigenvalue weighted by molar-refractivity contribution is 0.0955. The van der Waals surface area contributed by atoms with Crippen LogP contribution < -0.4 is 15.6 Å². The van der Waals surface area contributed by atoms with Gasteiger partial charge in [-0.05, 0) is 37.3 Å². The Labute approximate surface area is 143 Å². The van der Waals surface area contributed by atoms with Crippen LogP contribution in [0, 0.1) is 0 Å². The van der Waals surface area contributed by atoms with Crippen molar-refractivity contribution in [3.05, 3.63) is 76.1 Å². The highest BCUT2D eigenvalue weighted by atomic mass is 16.5. The maximum Gasteiger partial charge on any atom is 0.271 e. The SMILES string of the molecule is CCOc1ccc2occ(/C=N/NC(=O)c3ccccc3)c(=O)c2c1. The lowest BCUT2D eigenvalue weighted by atomic mass is 10.2. The molecule has 6 nitrogen and oxygen atoms in total. The van der Waals surface area contributed by atoms with Gasteiger partial charge in [-0.15, -0.1) is 0 Å². The highest BCUT2D eigenvalue weighted by molar-refractivity contribution is 5.95. The van der Waals surface area contributed by atoms with Crippen LogP contribution in [-0.4, -0.2) is 18.7 Å². The summed E-state index contributed by atoms with van der Waals surface area (Å²) in [6, 6.07) is 13.7. The molecule has 0 aliphatic heterocycles. The van der Waals surface area contributed by atoms with Crippen molar-refractivity contribution < 1.29 is 13.9 Å². The number of amides is 1. The molecule has 1 heterocycles. The van der Waals surface area contributed by atoms with Crippen molar-refractivity contribution >= 4 is 23.1 Å². The fraction of sp³-hybridized carbons (Fsp3) is 0.105. The predicted molar refractivity (Wildman–Crippen MR) is 95.2 cm³/mol. The van der Waals surface area contributed by atoms with E-state index in [2.05, 4.69) is 10.5 Å². The number of hydrazone groups is 1. The largest absolute Gasteiger partial charge is 0.494 e. The van der Waals surface area contributed by atoms with Gasteiger partial charge in [0.05, 0.1) is 23.8 Å². The molecule has 3 rings (SSSR count).